The standard InChI is InChI=1S/C16H24N2O/c1-14(15-8-4-2-5-9-15)10-11-17-16(19)18-12-6-3-7-13-18/h2,4-5,8-9,14H,3,6-7,10-13H2,1H3,(H,17,19). The van der Waals surface area contributed by atoms with Crippen molar-refractivity contribution in [3.05, 3.63) is 35.9 Å². The van der Waals surface area contributed by atoms with Crippen LogP contribution in [0.1, 0.15) is 44.1 Å². The molecular weight excluding hydrogens is 236 g/mol. The Kier molecular flexibility index (Phi) is 5.25. The van der Waals surface area contributed by atoms with Crippen molar-refractivity contribution >= 4 is 6.03 Å². The Morgan fingerprint density at radius 3 is 2.58 bits per heavy atom. The summed E-state index contributed by atoms with van der Waals surface area (Å²) in [5.74, 6) is 0.489. The molecule has 2 rings (SSSR count). The highest BCUT2D eigenvalue weighted by atomic mass is 16.2. The third-order valence-electron chi connectivity index (χ3n) is 3.87. The molecule has 0 aliphatic carbocycles. The van der Waals surface area contributed by atoms with Gasteiger partial charge in [-0.1, -0.05) is 37.3 Å². The van der Waals surface area contributed by atoms with Gasteiger partial charge in [-0.3, -0.25) is 0 Å². The Labute approximate surface area is 116 Å². The zero-order valence-corrected chi connectivity index (χ0v) is 11.8. The molecule has 0 bridgehead atoms. The minimum atomic E-state index is 0.111. The lowest BCUT2D eigenvalue weighted by Crippen LogP contribution is -2.43. The number of piperidine rings is 1. The van der Waals surface area contributed by atoms with Crippen molar-refractivity contribution in [1.29, 1.82) is 0 Å². The fourth-order valence-corrected chi connectivity index (χ4v) is 2.55. The average molecular weight is 260 g/mol. The molecule has 0 aromatic heterocycles. The molecule has 1 aliphatic rings. The fourth-order valence-electron chi connectivity index (χ4n) is 2.55. The number of likely N-dealkylation sites (tertiary alicyclic amines) is 1. The van der Waals surface area contributed by atoms with Gasteiger partial charge in [0.25, 0.3) is 0 Å². The first kappa shape index (κ1) is 13.9. The van der Waals surface area contributed by atoms with Gasteiger partial charge in [-0.2, -0.15) is 0 Å². The van der Waals surface area contributed by atoms with E-state index in [9.17, 15) is 4.79 Å². The third-order valence-corrected chi connectivity index (χ3v) is 3.87. The first-order valence-corrected chi connectivity index (χ1v) is 7.35. The summed E-state index contributed by atoms with van der Waals surface area (Å²) in [5.41, 5.74) is 1.34. The van der Waals surface area contributed by atoms with Gasteiger partial charge in [-0.15, -0.1) is 0 Å². The van der Waals surface area contributed by atoms with Crippen molar-refractivity contribution in [2.75, 3.05) is 19.6 Å². The van der Waals surface area contributed by atoms with Crippen LogP contribution in [0, 0.1) is 0 Å². The van der Waals surface area contributed by atoms with Gasteiger partial charge < -0.3 is 10.2 Å². The van der Waals surface area contributed by atoms with Gasteiger partial charge in [0.15, 0.2) is 0 Å². The molecule has 0 saturated carbocycles. The highest BCUT2D eigenvalue weighted by molar-refractivity contribution is 5.74. The SMILES string of the molecule is CC(CCNC(=O)N1CCCCC1)c1ccccc1. The normalized spacial score (nSPS) is 17.0. The molecule has 19 heavy (non-hydrogen) atoms. The van der Waals surface area contributed by atoms with E-state index < -0.39 is 0 Å². The van der Waals surface area contributed by atoms with E-state index in [-0.39, 0.29) is 6.03 Å². The van der Waals surface area contributed by atoms with Gasteiger partial charge in [-0.05, 0) is 37.2 Å². The lowest BCUT2D eigenvalue weighted by atomic mass is 9.98. The highest BCUT2D eigenvalue weighted by Crippen LogP contribution is 2.17. The van der Waals surface area contributed by atoms with Crippen LogP contribution in [0.5, 0.6) is 0 Å². The van der Waals surface area contributed by atoms with E-state index in [0.717, 1.165) is 38.9 Å². The second-order valence-electron chi connectivity index (χ2n) is 5.38. The Morgan fingerprint density at radius 2 is 1.89 bits per heavy atom. The molecule has 1 aliphatic heterocycles. The monoisotopic (exact) mass is 260 g/mol. The highest BCUT2D eigenvalue weighted by Gasteiger charge is 2.15. The zero-order valence-electron chi connectivity index (χ0n) is 11.8. The van der Waals surface area contributed by atoms with Crippen LogP contribution < -0.4 is 5.32 Å². The van der Waals surface area contributed by atoms with E-state index in [0.29, 0.717) is 5.92 Å². The predicted molar refractivity (Wildman–Crippen MR) is 78.3 cm³/mol. The van der Waals surface area contributed by atoms with E-state index in [4.69, 9.17) is 0 Å². The molecule has 1 saturated heterocycles. The van der Waals surface area contributed by atoms with Gasteiger partial charge in [-0.25, -0.2) is 4.79 Å². The van der Waals surface area contributed by atoms with Crippen molar-refractivity contribution in [1.82, 2.24) is 10.2 Å². The summed E-state index contributed by atoms with van der Waals surface area (Å²) in [4.78, 5) is 13.9. The molecule has 1 aromatic carbocycles. The number of benzene rings is 1. The number of hydrogen-bond donors (Lipinski definition) is 1. The van der Waals surface area contributed by atoms with Crippen molar-refractivity contribution in [3.8, 4) is 0 Å². The summed E-state index contributed by atoms with van der Waals surface area (Å²) < 4.78 is 0. The first-order chi connectivity index (χ1) is 9.27. The Balaban J connectivity index is 1.69. The molecule has 104 valence electrons. The number of carbonyl (C=O) groups is 1. The topological polar surface area (TPSA) is 32.3 Å². The second-order valence-corrected chi connectivity index (χ2v) is 5.38. The van der Waals surface area contributed by atoms with E-state index in [2.05, 4.69) is 36.5 Å². The number of urea groups is 1. The largest absolute Gasteiger partial charge is 0.338 e. The van der Waals surface area contributed by atoms with Gasteiger partial charge in [0.2, 0.25) is 0 Å². The van der Waals surface area contributed by atoms with Crippen LogP contribution in [0.4, 0.5) is 4.79 Å². The maximum atomic E-state index is 11.9. The van der Waals surface area contributed by atoms with E-state index in [1.165, 1.54) is 12.0 Å². The van der Waals surface area contributed by atoms with Gasteiger partial charge in [0.1, 0.15) is 0 Å². The lowest BCUT2D eigenvalue weighted by molar-refractivity contribution is 0.186. The number of carbonyl (C=O) groups excluding carboxylic acids is 1. The zero-order chi connectivity index (χ0) is 13.5. The summed E-state index contributed by atoms with van der Waals surface area (Å²) in [6.45, 7) is 4.80. The van der Waals surface area contributed by atoms with E-state index in [1.54, 1.807) is 0 Å². The molecule has 1 atom stereocenters. The maximum absolute atomic E-state index is 11.9. The Hall–Kier alpha value is -1.51. The van der Waals surface area contributed by atoms with Crippen LogP contribution in [0.15, 0.2) is 30.3 Å². The lowest BCUT2D eigenvalue weighted by Gasteiger charge is -2.27. The smallest absolute Gasteiger partial charge is 0.317 e. The quantitative estimate of drug-likeness (QED) is 0.884. The van der Waals surface area contributed by atoms with Crippen molar-refractivity contribution in [2.24, 2.45) is 0 Å². The summed E-state index contributed by atoms with van der Waals surface area (Å²) in [7, 11) is 0. The second kappa shape index (κ2) is 7.17. The summed E-state index contributed by atoms with van der Waals surface area (Å²) >= 11 is 0. The molecule has 1 N–H and O–H groups in total. The fraction of sp³-hybridized carbons (Fsp3) is 0.562. The molecular formula is C16H24N2O. The molecule has 1 heterocycles. The molecule has 0 radical (unpaired) electrons. The van der Waals surface area contributed by atoms with Crippen LogP contribution in [-0.2, 0) is 0 Å². The van der Waals surface area contributed by atoms with Gasteiger partial charge >= 0.3 is 6.03 Å². The number of nitrogens with zero attached hydrogens (tertiary/aromatic N) is 1. The molecule has 1 aromatic rings. The minimum absolute atomic E-state index is 0.111. The maximum Gasteiger partial charge on any atom is 0.317 e. The van der Waals surface area contributed by atoms with Crippen LogP contribution in [0.2, 0.25) is 0 Å². The molecule has 1 unspecified atom stereocenters. The van der Waals surface area contributed by atoms with Crippen LogP contribution in [-0.4, -0.2) is 30.6 Å². The summed E-state index contributed by atoms with van der Waals surface area (Å²) in [6.07, 6.45) is 4.54. The van der Waals surface area contributed by atoms with E-state index >= 15 is 0 Å². The summed E-state index contributed by atoms with van der Waals surface area (Å²) in [6, 6.07) is 10.6. The van der Waals surface area contributed by atoms with Gasteiger partial charge in [0.05, 0.1) is 0 Å². The van der Waals surface area contributed by atoms with Crippen LogP contribution in [0.3, 0.4) is 0 Å². The molecule has 2 amide bonds. The summed E-state index contributed by atoms with van der Waals surface area (Å²) in [5, 5.41) is 3.04. The number of nitrogens with one attached hydrogen (secondary N) is 1. The number of hydrogen-bond acceptors (Lipinski definition) is 1. The molecule has 3 nitrogen and oxygen atoms in total. The molecule has 1 fully saturated rings. The third kappa shape index (κ3) is 4.27. The predicted octanol–water partition coefficient (Wildman–Crippen LogP) is 3.38. The first-order valence-electron chi connectivity index (χ1n) is 7.35. The number of amides is 2. The van der Waals surface area contributed by atoms with Gasteiger partial charge in [0, 0.05) is 19.6 Å². The Bertz CT molecular complexity index is 385. The van der Waals surface area contributed by atoms with Crippen molar-refractivity contribution in [3.63, 3.8) is 0 Å². The molecule has 3 heteroatoms. The average Bonchev–Trinajstić information content (AvgIpc) is 2.49. The van der Waals surface area contributed by atoms with Crippen LogP contribution >= 0.6 is 0 Å². The molecule has 0 spiro atoms. The van der Waals surface area contributed by atoms with Crippen molar-refractivity contribution < 1.29 is 4.79 Å². The van der Waals surface area contributed by atoms with Crippen molar-refractivity contribution in [2.45, 2.75) is 38.5 Å². The minimum Gasteiger partial charge on any atom is -0.338 e. The van der Waals surface area contributed by atoms with Crippen LogP contribution in [0.25, 0.3) is 0 Å². The Morgan fingerprint density at radius 1 is 1.21 bits per heavy atom. The number of rotatable bonds is 4. The van der Waals surface area contributed by atoms with E-state index in [1.807, 2.05) is 11.0 Å².